The minimum absolute atomic E-state index is 0.119. The predicted octanol–water partition coefficient (Wildman–Crippen LogP) is 1.18. The van der Waals surface area contributed by atoms with E-state index in [1.807, 2.05) is 17.9 Å². The molecule has 27 heavy (non-hydrogen) atoms. The molecule has 0 bridgehead atoms. The zero-order chi connectivity index (χ0) is 19.2. The van der Waals surface area contributed by atoms with E-state index < -0.39 is 0 Å². The number of amides is 2. The Bertz CT molecular complexity index is 654. The van der Waals surface area contributed by atoms with Gasteiger partial charge in [-0.25, -0.2) is 14.8 Å². The maximum atomic E-state index is 11.8. The molecule has 2 fully saturated rings. The number of nitrogens with zero attached hydrogens (tertiary/aromatic N) is 5. The first kappa shape index (κ1) is 19.2. The van der Waals surface area contributed by atoms with E-state index in [9.17, 15) is 9.59 Å². The van der Waals surface area contributed by atoms with Crippen molar-refractivity contribution >= 4 is 23.6 Å². The molecule has 9 heteroatoms. The number of aromatic nitrogens is 2. The van der Waals surface area contributed by atoms with Crippen LogP contribution in [0.25, 0.3) is 0 Å². The van der Waals surface area contributed by atoms with E-state index in [2.05, 4.69) is 20.2 Å². The Balaban J connectivity index is 1.51. The van der Waals surface area contributed by atoms with Crippen LogP contribution in [0.5, 0.6) is 0 Å². The van der Waals surface area contributed by atoms with Crippen LogP contribution in [0.15, 0.2) is 12.4 Å². The molecule has 2 aliphatic heterocycles. The number of rotatable bonds is 4. The van der Waals surface area contributed by atoms with Crippen molar-refractivity contribution in [1.29, 1.82) is 0 Å². The van der Waals surface area contributed by atoms with Crippen molar-refractivity contribution in [1.82, 2.24) is 19.8 Å². The predicted molar refractivity (Wildman–Crippen MR) is 102 cm³/mol. The number of anilines is 2. The second-order valence-electron chi connectivity index (χ2n) is 6.86. The van der Waals surface area contributed by atoms with E-state index in [1.165, 1.54) is 0 Å². The van der Waals surface area contributed by atoms with Crippen molar-refractivity contribution in [2.45, 2.75) is 32.7 Å². The molecule has 3 rings (SSSR count). The summed E-state index contributed by atoms with van der Waals surface area (Å²) in [6.07, 6.45) is 3.05. The molecular formula is C18H28N6O3. The number of likely N-dealkylation sites (tertiary alicyclic amines) is 1. The number of ether oxygens (including phenoxy) is 1. The van der Waals surface area contributed by atoms with Gasteiger partial charge in [0.2, 0.25) is 5.91 Å². The molecule has 1 N–H and O–H groups in total. The van der Waals surface area contributed by atoms with Gasteiger partial charge in [-0.05, 0) is 19.8 Å². The highest BCUT2D eigenvalue weighted by Crippen LogP contribution is 2.20. The Morgan fingerprint density at radius 3 is 2.44 bits per heavy atom. The lowest BCUT2D eigenvalue weighted by molar-refractivity contribution is -0.129. The molecular weight excluding hydrogens is 348 g/mol. The summed E-state index contributed by atoms with van der Waals surface area (Å²) in [7, 11) is 0. The molecule has 0 radical (unpaired) electrons. The average molecular weight is 376 g/mol. The van der Waals surface area contributed by atoms with E-state index in [1.54, 1.807) is 18.2 Å². The number of carbonyl (C=O) groups excluding carboxylic acids is 2. The minimum Gasteiger partial charge on any atom is -0.450 e. The summed E-state index contributed by atoms with van der Waals surface area (Å²) in [6, 6.07) is 2.23. The van der Waals surface area contributed by atoms with Gasteiger partial charge in [0.25, 0.3) is 0 Å². The zero-order valence-electron chi connectivity index (χ0n) is 16.1. The smallest absolute Gasteiger partial charge is 0.409 e. The standard InChI is InChI=1S/C18H28N6O3/c1-3-27-18(26)24-6-4-15(5-7-24)21-16-12-17(20-13-19-16)23-10-8-22(9-11-23)14(2)25/h12-13,15H,3-11H2,1-2H3,(H,19,20,21). The molecule has 0 saturated carbocycles. The molecule has 9 nitrogen and oxygen atoms in total. The van der Waals surface area contributed by atoms with Gasteiger partial charge < -0.3 is 24.8 Å². The summed E-state index contributed by atoms with van der Waals surface area (Å²) in [4.78, 5) is 37.7. The molecule has 3 heterocycles. The zero-order valence-corrected chi connectivity index (χ0v) is 16.1. The van der Waals surface area contributed by atoms with Crippen LogP contribution in [0.2, 0.25) is 0 Å². The van der Waals surface area contributed by atoms with E-state index in [-0.39, 0.29) is 18.0 Å². The molecule has 0 aromatic carbocycles. The van der Waals surface area contributed by atoms with Crippen molar-refractivity contribution in [3.63, 3.8) is 0 Å². The third-order valence-electron chi connectivity index (χ3n) is 5.07. The van der Waals surface area contributed by atoms with Crippen LogP contribution in [0.3, 0.4) is 0 Å². The van der Waals surface area contributed by atoms with Crippen LogP contribution in [0.4, 0.5) is 16.4 Å². The van der Waals surface area contributed by atoms with Crippen LogP contribution in [0.1, 0.15) is 26.7 Å². The highest BCUT2D eigenvalue weighted by molar-refractivity contribution is 5.73. The molecule has 0 aliphatic carbocycles. The van der Waals surface area contributed by atoms with Gasteiger partial charge in [-0.15, -0.1) is 0 Å². The normalized spacial score (nSPS) is 18.4. The van der Waals surface area contributed by atoms with Crippen LogP contribution in [-0.4, -0.2) is 83.7 Å². The third-order valence-corrected chi connectivity index (χ3v) is 5.07. The first-order valence-electron chi connectivity index (χ1n) is 9.57. The molecule has 148 valence electrons. The van der Waals surface area contributed by atoms with Crippen LogP contribution in [-0.2, 0) is 9.53 Å². The van der Waals surface area contributed by atoms with E-state index in [4.69, 9.17) is 4.74 Å². The Hall–Kier alpha value is -2.58. The summed E-state index contributed by atoms with van der Waals surface area (Å²) >= 11 is 0. The molecule has 2 aliphatic rings. The maximum Gasteiger partial charge on any atom is 0.409 e. The van der Waals surface area contributed by atoms with Crippen LogP contribution < -0.4 is 10.2 Å². The lowest BCUT2D eigenvalue weighted by atomic mass is 10.1. The fourth-order valence-electron chi connectivity index (χ4n) is 3.48. The summed E-state index contributed by atoms with van der Waals surface area (Å²) in [5.74, 6) is 1.79. The largest absolute Gasteiger partial charge is 0.450 e. The minimum atomic E-state index is -0.232. The van der Waals surface area contributed by atoms with Crippen molar-refractivity contribution < 1.29 is 14.3 Å². The molecule has 0 atom stereocenters. The first-order chi connectivity index (χ1) is 13.1. The Morgan fingerprint density at radius 1 is 1.11 bits per heavy atom. The summed E-state index contributed by atoms with van der Waals surface area (Å²) < 4.78 is 5.06. The van der Waals surface area contributed by atoms with Gasteiger partial charge in [-0.2, -0.15) is 0 Å². The quantitative estimate of drug-likeness (QED) is 0.844. The second kappa shape index (κ2) is 8.88. The van der Waals surface area contributed by atoms with Gasteiger partial charge in [0, 0.05) is 58.3 Å². The number of nitrogens with one attached hydrogen (secondary N) is 1. The topological polar surface area (TPSA) is 90.9 Å². The average Bonchev–Trinajstić information content (AvgIpc) is 2.69. The van der Waals surface area contributed by atoms with Crippen molar-refractivity contribution in [3.8, 4) is 0 Å². The number of hydrogen-bond donors (Lipinski definition) is 1. The Labute approximate surface area is 159 Å². The number of piperazine rings is 1. The fourth-order valence-corrected chi connectivity index (χ4v) is 3.48. The molecule has 2 saturated heterocycles. The summed E-state index contributed by atoms with van der Waals surface area (Å²) in [5.41, 5.74) is 0. The number of hydrogen-bond acceptors (Lipinski definition) is 7. The lowest BCUT2D eigenvalue weighted by Gasteiger charge is -2.35. The van der Waals surface area contributed by atoms with E-state index in [0.717, 1.165) is 37.6 Å². The molecule has 2 amide bonds. The van der Waals surface area contributed by atoms with Gasteiger partial charge in [0.05, 0.1) is 6.61 Å². The van der Waals surface area contributed by atoms with E-state index in [0.29, 0.717) is 32.8 Å². The van der Waals surface area contributed by atoms with Crippen molar-refractivity contribution in [2.75, 3.05) is 56.1 Å². The molecule has 1 aromatic heterocycles. The van der Waals surface area contributed by atoms with Gasteiger partial charge in [-0.3, -0.25) is 4.79 Å². The molecule has 0 spiro atoms. The Kier molecular flexibility index (Phi) is 6.31. The third kappa shape index (κ3) is 4.99. The highest BCUT2D eigenvalue weighted by atomic mass is 16.6. The second-order valence-corrected chi connectivity index (χ2v) is 6.86. The molecule has 1 aromatic rings. The highest BCUT2D eigenvalue weighted by Gasteiger charge is 2.24. The Morgan fingerprint density at radius 2 is 1.81 bits per heavy atom. The number of carbonyl (C=O) groups is 2. The van der Waals surface area contributed by atoms with Crippen molar-refractivity contribution in [2.24, 2.45) is 0 Å². The summed E-state index contributed by atoms with van der Waals surface area (Å²) in [6.45, 7) is 8.17. The van der Waals surface area contributed by atoms with Gasteiger partial charge in [0.1, 0.15) is 18.0 Å². The SMILES string of the molecule is CCOC(=O)N1CCC(Nc2cc(N3CCN(C(C)=O)CC3)ncn2)CC1. The molecule has 0 unspecified atom stereocenters. The monoisotopic (exact) mass is 376 g/mol. The van der Waals surface area contributed by atoms with Gasteiger partial charge in [-0.1, -0.05) is 0 Å². The van der Waals surface area contributed by atoms with Gasteiger partial charge >= 0.3 is 6.09 Å². The summed E-state index contributed by atoms with van der Waals surface area (Å²) in [5, 5.41) is 3.46. The van der Waals surface area contributed by atoms with Crippen LogP contribution >= 0.6 is 0 Å². The number of piperidine rings is 1. The fraction of sp³-hybridized carbons (Fsp3) is 0.667. The van der Waals surface area contributed by atoms with Crippen LogP contribution in [0, 0.1) is 0 Å². The van der Waals surface area contributed by atoms with Crippen molar-refractivity contribution in [3.05, 3.63) is 12.4 Å². The van der Waals surface area contributed by atoms with E-state index >= 15 is 0 Å². The maximum absolute atomic E-state index is 11.8. The van der Waals surface area contributed by atoms with Gasteiger partial charge in [0.15, 0.2) is 0 Å². The first-order valence-corrected chi connectivity index (χ1v) is 9.57. The lowest BCUT2D eigenvalue weighted by Crippen LogP contribution is -2.48.